The summed E-state index contributed by atoms with van der Waals surface area (Å²) in [5, 5.41) is 9.04. The highest BCUT2D eigenvalue weighted by molar-refractivity contribution is 6.17. The summed E-state index contributed by atoms with van der Waals surface area (Å²) in [7, 11) is 0. The van der Waals surface area contributed by atoms with Gasteiger partial charge in [-0.1, -0.05) is 19.3 Å². The van der Waals surface area contributed by atoms with E-state index in [0.29, 0.717) is 12.6 Å². The number of hydrogen-bond acceptors (Lipinski definition) is 2. The van der Waals surface area contributed by atoms with Gasteiger partial charge in [-0.25, -0.2) is 0 Å². The van der Waals surface area contributed by atoms with E-state index in [0.717, 1.165) is 18.7 Å². The molecule has 0 aromatic carbocycles. The molecule has 0 radical (unpaired) electrons. The van der Waals surface area contributed by atoms with Crippen LogP contribution in [-0.4, -0.2) is 41.6 Å². The molecule has 16 heavy (non-hydrogen) atoms. The van der Waals surface area contributed by atoms with E-state index in [9.17, 15) is 0 Å². The molecule has 1 N–H and O–H groups in total. The molecule has 0 aromatic heterocycles. The average molecular weight is 248 g/mol. The minimum atomic E-state index is 0.341. The minimum Gasteiger partial charge on any atom is -0.396 e. The molecular formula is C13H26ClNO. The molecule has 1 aliphatic heterocycles. The maximum Gasteiger partial charge on any atom is 0.0445 e. The van der Waals surface area contributed by atoms with Crippen LogP contribution in [0.2, 0.25) is 0 Å². The van der Waals surface area contributed by atoms with Crippen LogP contribution in [0.4, 0.5) is 0 Å². The third kappa shape index (κ3) is 5.51. The summed E-state index contributed by atoms with van der Waals surface area (Å²) >= 11 is 5.66. The predicted octanol–water partition coefficient (Wildman–Crippen LogP) is 3.02. The quantitative estimate of drug-likeness (QED) is 0.527. The highest BCUT2D eigenvalue weighted by Gasteiger charge is 2.20. The van der Waals surface area contributed by atoms with E-state index in [1.54, 1.807) is 0 Å². The molecule has 2 nitrogen and oxygen atoms in total. The van der Waals surface area contributed by atoms with E-state index in [-0.39, 0.29) is 0 Å². The van der Waals surface area contributed by atoms with Crippen LogP contribution in [0, 0.1) is 0 Å². The predicted molar refractivity (Wildman–Crippen MR) is 70.1 cm³/mol. The van der Waals surface area contributed by atoms with Crippen LogP contribution in [0.15, 0.2) is 0 Å². The van der Waals surface area contributed by atoms with Gasteiger partial charge in [0.25, 0.3) is 0 Å². The van der Waals surface area contributed by atoms with Crippen molar-refractivity contribution in [3.05, 3.63) is 0 Å². The Kier molecular flexibility index (Phi) is 8.26. The molecule has 1 rings (SSSR count). The molecule has 1 atom stereocenters. The molecule has 1 fully saturated rings. The fourth-order valence-corrected chi connectivity index (χ4v) is 2.78. The summed E-state index contributed by atoms with van der Waals surface area (Å²) in [5.41, 5.74) is 0. The van der Waals surface area contributed by atoms with Crippen molar-refractivity contribution in [2.45, 2.75) is 57.4 Å². The van der Waals surface area contributed by atoms with Gasteiger partial charge in [-0.05, 0) is 45.2 Å². The lowest BCUT2D eigenvalue weighted by molar-refractivity contribution is 0.117. The first kappa shape index (κ1) is 14.3. The summed E-state index contributed by atoms with van der Waals surface area (Å²) in [6, 6.07) is 0.645. The largest absolute Gasteiger partial charge is 0.396 e. The van der Waals surface area contributed by atoms with Gasteiger partial charge in [0, 0.05) is 18.5 Å². The molecule has 1 unspecified atom stereocenters. The molecule has 96 valence electrons. The van der Waals surface area contributed by atoms with Gasteiger partial charge in [-0.2, -0.15) is 0 Å². The van der Waals surface area contributed by atoms with Gasteiger partial charge >= 0.3 is 0 Å². The van der Waals surface area contributed by atoms with E-state index in [2.05, 4.69) is 4.90 Å². The molecule has 3 heteroatoms. The van der Waals surface area contributed by atoms with E-state index in [4.69, 9.17) is 16.7 Å². The van der Waals surface area contributed by atoms with Crippen LogP contribution >= 0.6 is 11.6 Å². The number of hydrogen-bond donors (Lipinski definition) is 1. The zero-order valence-electron chi connectivity index (χ0n) is 10.3. The Labute approximate surface area is 105 Å². The number of likely N-dealkylation sites (tertiary alicyclic amines) is 1. The number of aliphatic hydroxyl groups excluding tert-OH is 1. The third-order valence-corrected chi connectivity index (χ3v) is 3.81. The van der Waals surface area contributed by atoms with Crippen LogP contribution in [0.1, 0.15) is 51.4 Å². The monoisotopic (exact) mass is 247 g/mol. The van der Waals surface area contributed by atoms with Gasteiger partial charge in [0.15, 0.2) is 0 Å². The number of piperidine rings is 1. The standard InChI is InChI=1S/C13H26ClNO/c14-9-4-1-2-5-10-15-11-6-3-7-13(15)8-12-16/h13,16H,1-12H2. The first-order valence-corrected chi connectivity index (χ1v) is 7.33. The fourth-order valence-electron chi connectivity index (χ4n) is 2.59. The zero-order valence-corrected chi connectivity index (χ0v) is 11.1. The number of alkyl halides is 1. The Hall–Kier alpha value is 0.210. The third-order valence-electron chi connectivity index (χ3n) is 3.54. The zero-order chi connectivity index (χ0) is 11.6. The lowest BCUT2D eigenvalue weighted by atomic mass is 9.99. The second-order valence-electron chi connectivity index (χ2n) is 4.80. The number of rotatable bonds is 8. The normalized spacial score (nSPS) is 22.5. The summed E-state index contributed by atoms with van der Waals surface area (Å²) < 4.78 is 0. The van der Waals surface area contributed by atoms with Crippen molar-refractivity contribution in [3.63, 3.8) is 0 Å². The maximum atomic E-state index is 9.04. The van der Waals surface area contributed by atoms with Crippen LogP contribution in [0.5, 0.6) is 0 Å². The van der Waals surface area contributed by atoms with Gasteiger partial charge in [0.05, 0.1) is 0 Å². The van der Waals surface area contributed by atoms with Gasteiger partial charge in [-0.3, -0.25) is 0 Å². The van der Waals surface area contributed by atoms with Gasteiger partial charge in [0.1, 0.15) is 0 Å². The van der Waals surface area contributed by atoms with E-state index in [1.807, 2.05) is 0 Å². The Balaban J connectivity index is 2.11. The van der Waals surface area contributed by atoms with Crippen LogP contribution < -0.4 is 0 Å². The molecule has 0 aromatic rings. The Morgan fingerprint density at radius 1 is 1.12 bits per heavy atom. The Morgan fingerprint density at radius 2 is 1.94 bits per heavy atom. The number of aliphatic hydroxyl groups is 1. The Morgan fingerprint density at radius 3 is 2.69 bits per heavy atom. The summed E-state index contributed by atoms with van der Waals surface area (Å²) in [5.74, 6) is 0.802. The smallest absolute Gasteiger partial charge is 0.0445 e. The van der Waals surface area contributed by atoms with Crippen LogP contribution in [0.3, 0.4) is 0 Å². The fraction of sp³-hybridized carbons (Fsp3) is 1.00. The van der Waals surface area contributed by atoms with Crippen molar-refractivity contribution >= 4 is 11.6 Å². The second-order valence-corrected chi connectivity index (χ2v) is 5.18. The lowest BCUT2D eigenvalue weighted by Gasteiger charge is -2.35. The molecule has 0 aliphatic carbocycles. The first-order chi connectivity index (χ1) is 7.88. The molecule has 1 saturated heterocycles. The Bertz CT molecular complexity index is 164. The second kappa shape index (κ2) is 9.26. The number of halogens is 1. The number of nitrogens with zero attached hydrogens (tertiary/aromatic N) is 1. The summed E-state index contributed by atoms with van der Waals surface area (Å²) in [6.07, 6.45) is 9.93. The highest BCUT2D eigenvalue weighted by atomic mass is 35.5. The molecule has 1 heterocycles. The average Bonchev–Trinajstić information content (AvgIpc) is 2.31. The van der Waals surface area contributed by atoms with Crippen molar-refractivity contribution < 1.29 is 5.11 Å². The van der Waals surface area contributed by atoms with Gasteiger partial charge in [-0.15, -0.1) is 11.6 Å². The summed E-state index contributed by atoms with van der Waals surface area (Å²) in [4.78, 5) is 2.58. The van der Waals surface area contributed by atoms with E-state index < -0.39 is 0 Å². The molecule has 0 saturated carbocycles. The molecular weight excluding hydrogens is 222 g/mol. The molecule has 0 bridgehead atoms. The summed E-state index contributed by atoms with van der Waals surface area (Å²) in [6.45, 7) is 2.79. The highest BCUT2D eigenvalue weighted by Crippen LogP contribution is 2.20. The van der Waals surface area contributed by atoms with Crippen molar-refractivity contribution in [1.29, 1.82) is 0 Å². The number of unbranched alkanes of at least 4 members (excludes halogenated alkanes) is 3. The molecule has 1 aliphatic rings. The van der Waals surface area contributed by atoms with Crippen LogP contribution in [-0.2, 0) is 0 Å². The van der Waals surface area contributed by atoms with Crippen molar-refractivity contribution in [1.82, 2.24) is 4.90 Å². The van der Waals surface area contributed by atoms with Gasteiger partial charge in [0.2, 0.25) is 0 Å². The van der Waals surface area contributed by atoms with Crippen LogP contribution in [0.25, 0.3) is 0 Å². The van der Waals surface area contributed by atoms with Crippen molar-refractivity contribution in [2.24, 2.45) is 0 Å². The van der Waals surface area contributed by atoms with Gasteiger partial charge < -0.3 is 10.0 Å². The minimum absolute atomic E-state index is 0.341. The van der Waals surface area contributed by atoms with Crippen molar-refractivity contribution in [3.8, 4) is 0 Å². The topological polar surface area (TPSA) is 23.5 Å². The molecule has 0 amide bonds. The van der Waals surface area contributed by atoms with E-state index >= 15 is 0 Å². The van der Waals surface area contributed by atoms with E-state index in [1.165, 1.54) is 51.6 Å². The first-order valence-electron chi connectivity index (χ1n) is 6.79. The lowest BCUT2D eigenvalue weighted by Crippen LogP contribution is -2.40. The van der Waals surface area contributed by atoms with Crippen molar-refractivity contribution in [2.75, 3.05) is 25.6 Å². The SMILES string of the molecule is OCCC1CCCCN1CCCCCCCl. The maximum absolute atomic E-state index is 9.04. The molecule has 0 spiro atoms.